The van der Waals surface area contributed by atoms with Crippen LogP contribution in [0.1, 0.15) is 19.3 Å². The highest BCUT2D eigenvalue weighted by molar-refractivity contribution is 5.89. The van der Waals surface area contributed by atoms with Gasteiger partial charge in [-0.3, -0.25) is 9.69 Å². The third kappa shape index (κ3) is 5.19. The molecule has 0 aliphatic carbocycles. The number of urea groups is 1. The summed E-state index contributed by atoms with van der Waals surface area (Å²) in [5.74, 6) is 0.226. The van der Waals surface area contributed by atoms with Crippen molar-refractivity contribution in [2.75, 3.05) is 51.1 Å². The van der Waals surface area contributed by atoms with Crippen molar-refractivity contribution >= 4 is 17.6 Å². The summed E-state index contributed by atoms with van der Waals surface area (Å²) in [5.41, 5.74) is 3.08. The largest absolute Gasteiger partial charge is 0.342 e. The summed E-state index contributed by atoms with van der Waals surface area (Å²) >= 11 is 0. The van der Waals surface area contributed by atoms with Gasteiger partial charge in [0.25, 0.3) is 0 Å². The average molecular weight is 407 g/mol. The second-order valence-corrected chi connectivity index (χ2v) is 8.08. The molecule has 1 N–H and O–H groups in total. The van der Waals surface area contributed by atoms with E-state index in [-0.39, 0.29) is 11.9 Å². The summed E-state index contributed by atoms with van der Waals surface area (Å²) in [6.07, 6.45) is 3.12. The van der Waals surface area contributed by atoms with Gasteiger partial charge in [-0.05, 0) is 42.5 Å². The van der Waals surface area contributed by atoms with E-state index in [2.05, 4.69) is 22.3 Å². The maximum absolute atomic E-state index is 12.7. The number of carbonyl (C=O) groups excluding carboxylic acids is 2. The highest BCUT2D eigenvalue weighted by atomic mass is 16.2. The number of carbonyl (C=O) groups is 2. The van der Waals surface area contributed by atoms with Crippen LogP contribution in [0.3, 0.4) is 0 Å². The maximum Gasteiger partial charge on any atom is 0.321 e. The molecule has 2 aromatic carbocycles. The Labute approximate surface area is 178 Å². The maximum atomic E-state index is 12.7. The van der Waals surface area contributed by atoms with E-state index >= 15 is 0 Å². The summed E-state index contributed by atoms with van der Waals surface area (Å²) in [7, 11) is 0. The Morgan fingerprint density at radius 2 is 1.37 bits per heavy atom. The molecule has 2 saturated heterocycles. The molecule has 4 rings (SSSR count). The smallest absolute Gasteiger partial charge is 0.321 e. The van der Waals surface area contributed by atoms with Crippen LogP contribution in [0.25, 0.3) is 11.1 Å². The first kappa shape index (κ1) is 20.4. The number of nitrogens with zero attached hydrogens (tertiary/aromatic N) is 3. The van der Waals surface area contributed by atoms with Gasteiger partial charge in [0.2, 0.25) is 5.91 Å². The molecule has 158 valence electrons. The van der Waals surface area contributed by atoms with Gasteiger partial charge in [0, 0.05) is 45.0 Å². The van der Waals surface area contributed by atoms with E-state index in [1.165, 1.54) is 0 Å². The Balaban J connectivity index is 1.28. The zero-order valence-electron chi connectivity index (χ0n) is 17.4. The van der Waals surface area contributed by atoms with E-state index in [1.54, 1.807) is 0 Å². The Bertz CT molecular complexity index is 847. The predicted molar refractivity (Wildman–Crippen MR) is 119 cm³/mol. The van der Waals surface area contributed by atoms with E-state index in [4.69, 9.17) is 0 Å². The number of anilines is 1. The fourth-order valence-corrected chi connectivity index (χ4v) is 4.17. The molecule has 0 aromatic heterocycles. The molecule has 0 saturated carbocycles. The second kappa shape index (κ2) is 9.76. The first-order chi connectivity index (χ1) is 14.7. The van der Waals surface area contributed by atoms with Crippen molar-refractivity contribution in [3.05, 3.63) is 54.6 Å². The van der Waals surface area contributed by atoms with E-state index in [9.17, 15) is 9.59 Å². The molecule has 2 aliphatic rings. The number of likely N-dealkylation sites (tertiary alicyclic amines) is 1. The van der Waals surface area contributed by atoms with Gasteiger partial charge in [-0.1, -0.05) is 42.5 Å². The van der Waals surface area contributed by atoms with Crippen LogP contribution in [-0.4, -0.2) is 72.5 Å². The Morgan fingerprint density at radius 1 is 0.700 bits per heavy atom. The average Bonchev–Trinajstić information content (AvgIpc) is 3.22. The number of benzene rings is 2. The molecule has 2 aliphatic heterocycles. The molecule has 2 aromatic rings. The summed E-state index contributed by atoms with van der Waals surface area (Å²) < 4.78 is 0. The Morgan fingerprint density at radius 3 is 2.10 bits per heavy atom. The van der Waals surface area contributed by atoms with Gasteiger partial charge in [-0.25, -0.2) is 4.79 Å². The number of hydrogen-bond donors (Lipinski definition) is 1. The standard InChI is InChI=1S/C24H30N4O2/c29-23(27-14-4-5-15-27)19-26-13-6-16-28(18-17-26)24(30)25-22-11-9-21(10-12-22)20-7-2-1-3-8-20/h1-3,7-12H,4-6,13-19H2,(H,25,30). The molecule has 0 spiro atoms. The third-order valence-corrected chi connectivity index (χ3v) is 5.94. The molecule has 6 heteroatoms. The van der Waals surface area contributed by atoms with Crippen LogP contribution in [0.5, 0.6) is 0 Å². The number of hydrogen-bond acceptors (Lipinski definition) is 3. The molecular weight excluding hydrogens is 376 g/mol. The van der Waals surface area contributed by atoms with Crippen LogP contribution in [0.15, 0.2) is 54.6 Å². The zero-order chi connectivity index (χ0) is 20.8. The molecule has 6 nitrogen and oxygen atoms in total. The zero-order valence-corrected chi connectivity index (χ0v) is 17.4. The summed E-state index contributed by atoms with van der Waals surface area (Å²) in [4.78, 5) is 31.1. The molecule has 2 heterocycles. The van der Waals surface area contributed by atoms with Crippen molar-refractivity contribution < 1.29 is 9.59 Å². The molecule has 0 atom stereocenters. The van der Waals surface area contributed by atoms with Crippen LogP contribution < -0.4 is 5.32 Å². The lowest BCUT2D eigenvalue weighted by molar-refractivity contribution is -0.131. The molecular formula is C24H30N4O2. The fraction of sp³-hybridized carbons (Fsp3) is 0.417. The van der Waals surface area contributed by atoms with Crippen LogP contribution in [-0.2, 0) is 4.79 Å². The number of amides is 3. The molecule has 0 unspecified atom stereocenters. The molecule has 0 bridgehead atoms. The van der Waals surface area contributed by atoms with Gasteiger partial charge in [-0.15, -0.1) is 0 Å². The minimum absolute atomic E-state index is 0.0739. The highest BCUT2D eigenvalue weighted by Crippen LogP contribution is 2.21. The van der Waals surface area contributed by atoms with Crippen molar-refractivity contribution in [1.82, 2.24) is 14.7 Å². The van der Waals surface area contributed by atoms with Crippen molar-refractivity contribution in [2.24, 2.45) is 0 Å². The van der Waals surface area contributed by atoms with Crippen LogP contribution in [0.2, 0.25) is 0 Å². The van der Waals surface area contributed by atoms with Gasteiger partial charge in [0.15, 0.2) is 0 Å². The monoisotopic (exact) mass is 406 g/mol. The lowest BCUT2D eigenvalue weighted by Gasteiger charge is -2.24. The van der Waals surface area contributed by atoms with E-state index in [0.29, 0.717) is 19.6 Å². The Kier molecular flexibility index (Phi) is 6.64. The van der Waals surface area contributed by atoms with Gasteiger partial charge in [-0.2, -0.15) is 0 Å². The molecule has 0 radical (unpaired) electrons. The van der Waals surface area contributed by atoms with Gasteiger partial charge in [0.1, 0.15) is 0 Å². The predicted octanol–water partition coefficient (Wildman–Crippen LogP) is 3.52. The van der Waals surface area contributed by atoms with Crippen LogP contribution in [0, 0.1) is 0 Å². The van der Waals surface area contributed by atoms with Gasteiger partial charge < -0.3 is 15.1 Å². The van der Waals surface area contributed by atoms with Gasteiger partial charge >= 0.3 is 6.03 Å². The van der Waals surface area contributed by atoms with Crippen molar-refractivity contribution in [2.45, 2.75) is 19.3 Å². The minimum Gasteiger partial charge on any atom is -0.342 e. The summed E-state index contributed by atoms with van der Waals surface area (Å²) in [6, 6.07) is 18.1. The Hall–Kier alpha value is -2.86. The van der Waals surface area contributed by atoms with Crippen LogP contribution in [0.4, 0.5) is 10.5 Å². The van der Waals surface area contributed by atoms with E-state index in [1.807, 2.05) is 52.3 Å². The number of nitrogens with one attached hydrogen (secondary N) is 1. The summed E-state index contributed by atoms with van der Waals surface area (Å²) in [5, 5.41) is 3.01. The van der Waals surface area contributed by atoms with Gasteiger partial charge in [0.05, 0.1) is 6.54 Å². The van der Waals surface area contributed by atoms with Crippen molar-refractivity contribution in [1.29, 1.82) is 0 Å². The topological polar surface area (TPSA) is 55.9 Å². The molecule has 3 amide bonds. The number of rotatable bonds is 4. The summed E-state index contributed by atoms with van der Waals surface area (Å²) in [6.45, 7) is 5.20. The lowest BCUT2D eigenvalue weighted by Crippen LogP contribution is -2.41. The van der Waals surface area contributed by atoms with Crippen molar-refractivity contribution in [3.63, 3.8) is 0 Å². The normalized spacial score (nSPS) is 17.6. The quantitative estimate of drug-likeness (QED) is 0.845. The lowest BCUT2D eigenvalue weighted by atomic mass is 10.1. The third-order valence-electron chi connectivity index (χ3n) is 5.94. The fourth-order valence-electron chi connectivity index (χ4n) is 4.17. The second-order valence-electron chi connectivity index (χ2n) is 8.08. The SMILES string of the molecule is O=C(CN1CCCN(C(=O)Nc2ccc(-c3ccccc3)cc2)CC1)N1CCCC1. The first-order valence-electron chi connectivity index (χ1n) is 10.9. The molecule has 2 fully saturated rings. The van der Waals surface area contributed by atoms with E-state index in [0.717, 1.165) is 62.3 Å². The van der Waals surface area contributed by atoms with Crippen LogP contribution >= 0.6 is 0 Å². The first-order valence-corrected chi connectivity index (χ1v) is 10.9. The van der Waals surface area contributed by atoms with Crippen molar-refractivity contribution in [3.8, 4) is 11.1 Å². The molecule has 30 heavy (non-hydrogen) atoms. The minimum atomic E-state index is -0.0739. The highest BCUT2D eigenvalue weighted by Gasteiger charge is 2.23. The van der Waals surface area contributed by atoms with E-state index < -0.39 is 0 Å².